The lowest BCUT2D eigenvalue weighted by molar-refractivity contribution is 0.394. The molecular weight excluding hydrogens is 352 g/mol. The van der Waals surface area contributed by atoms with Crippen molar-refractivity contribution in [1.29, 1.82) is 0 Å². The van der Waals surface area contributed by atoms with Gasteiger partial charge in [0.25, 0.3) is 5.22 Å². The smallest absolute Gasteiger partial charge is 0.277 e. The van der Waals surface area contributed by atoms with E-state index in [2.05, 4.69) is 23.2 Å². The number of thioether (sulfide) groups is 1. The van der Waals surface area contributed by atoms with Crippen LogP contribution in [0, 0.1) is 6.92 Å². The topological polar surface area (TPSA) is 66.6 Å². The van der Waals surface area contributed by atoms with Gasteiger partial charge in [-0.2, -0.15) is 0 Å². The van der Waals surface area contributed by atoms with E-state index in [1.165, 1.54) is 17.3 Å². The molecule has 0 aliphatic heterocycles. The van der Waals surface area contributed by atoms with Gasteiger partial charge < -0.3 is 18.6 Å². The summed E-state index contributed by atoms with van der Waals surface area (Å²) in [6.45, 7) is 2.05. The molecule has 0 unspecified atom stereocenters. The molecule has 0 bridgehead atoms. The number of aryl methyl sites for hydroxylation is 1. The summed E-state index contributed by atoms with van der Waals surface area (Å²) < 4.78 is 21.7. The van der Waals surface area contributed by atoms with Gasteiger partial charge >= 0.3 is 0 Å². The number of nitrogens with zero attached hydrogens (tertiary/aromatic N) is 2. The predicted molar refractivity (Wildman–Crippen MR) is 100 cm³/mol. The fourth-order valence-corrected chi connectivity index (χ4v) is 3.22. The summed E-state index contributed by atoms with van der Waals surface area (Å²) in [5.41, 5.74) is 3.00. The molecule has 0 aliphatic carbocycles. The van der Waals surface area contributed by atoms with Gasteiger partial charge in [0.2, 0.25) is 5.89 Å². The van der Waals surface area contributed by atoms with Crippen LogP contribution in [0.1, 0.15) is 11.1 Å². The van der Waals surface area contributed by atoms with Crippen molar-refractivity contribution in [2.75, 3.05) is 21.3 Å². The molecule has 3 aromatic rings. The van der Waals surface area contributed by atoms with E-state index in [4.69, 9.17) is 18.6 Å². The second kappa shape index (κ2) is 8.14. The van der Waals surface area contributed by atoms with Crippen molar-refractivity contribution in [3.63, 3.8) is 0 Å². The highest BCUT2D eigenvalue weighted by molar-refractivity contribution is 7.98. The molecule has 7 heteroatoms. The van der Waals surface area contributed by atoms with Crippen molar-refractivity contribution in [3.8, 4) is 28.7 Å². The molecule has 0 saturated heterocycles. The second-order valence-electron chi connectivity index (χ2n) is 5.58. The number of hydrogen-bond acceptors (Lipinski definition) is 7. The van der Waals surface area contributed by atoms with Crippen LogP contribution in [0.5, 0.6) is 17.2 Å². The number of ether oxygens (including phenoxy) is 3. The number of aromatic nitrogens is 2. The molecular formula is C19H20N2O4S. The van der Waals surface area contributed by atoms with Crippen molar-refractivity contribution in [3.05, 3.63) is 47.5 Å². The summed E-state index contributed by atoms with van der Waals surface area (Å²) in [4.78, 5) is 0. The largest absolute Gasteiger partial charge is 0.497 e. The predicted octanol–water partition coefficient (Wildman–Crippen LogP) is 4.36. The van der Waals surface area contributed by atoms with Crippen molar-refractivity contribution in [1.82, 2.24) is 10.2 Å². The zero-order chi connectivity index (χ0) is 18.5. The lowest BCUT2D eigenvalue weighted by Crippen LogP contribution is -1.91. The van der Waals surface area contributed by atoms with E-state index in [-0.39, 0.29) is 0 Å². The molecule has 0 saturated carbocycles. The summed E-state index contributed by atoms with van der Waals surface area (Å²) in [7, 11) is 4.87. The molecule has 0 fully saturated rings. The van der Waals surface area contributed by atoms with Crippen LogP contribution in [0.2, 0.25) is 0 Å². The van der Waals surface area contributed by atoms with Crippen LogP contribution in [-0.4, -0.2) is 31.5 Å². The molecule has 0 atom stereocenters. The highest BCUT2D eigenvalue weighted by atomic mass is 32.2. The maximum atomic E-state index is 5.78. The molecule has 0 aliphatic rings. The van der Waals surface area contributed by atoms with Crippen molar-refractivity contribution in [2.45, 2.75) is 17.9 Å². The normalized spacial score (nSPS) is 10.6. The number of benzene rings is 2. The zero-order valence-electron chi connectivity index (χ0n) is 15.1. The maximum absolute atomic E-state index is 5.78. The lowest BCUT2D eigenvalue weighted by atomic mass is 10.1. The standard InChI is InChI=1S/C19H20N2O4S/c1-12-5-6-17(24-4)14(7-12)11-26-19-21-20-18(25-19)13-8-15(22-2)10-16(9-13)23-3/h5-10H,11H2,1-4H3. The first-order valence-electron chi connectivity index (χ1n) is 7.96. The fraction of sp³-hybridized carbons (Fsp3) is 0.263. The van der Waals surface area contributed by atoms with Gasteiger partial charge in [-0.05, 0) is 25.1 Å². The highest BCUT2D eigenvalue weighted by Gasteiger charge is 2.13. The Morgan fingerprint density at radius 1 is 0.923 bits per heavy atom. The Balaban J connectivity index is 1.78. The SMILES string of the molecule is COc1cc(OC)cc(-c2nnc(SCc3cc(C)ccc3OC)o2)c1. The quantitative estimate of drug-likeness (QED) is 0.571. The molecule has 2 aromatic carbocycles. The Labute approximate surface area is 156 Å². The van der Waals surface area contributed by atoms with E-state index in [1.807, 2.05) is 24.3 Å². The van der Waals surface area contributed by atoms with Crippen molar-refractivity contribution >= 4 is 11.8 Å². The van der Waals surface area contributed by atoms with Gasteiger partial charge in [0, 0.05) is 22.9 Å². The Kier molecular flexibility index (Phi) is 5.68. The number of rotatable bonds is 7. The van der Waals surface area contributed by atoms with Gasteiger partial charge in [-0.3, -0.25) is 0 Å². The minimum atomic E-state index is 0.418. The maximum Gasteiger partial charge on any atom is 0.277 e. The molecule has 0 radical (unpaired) electrons. The van der Waals surface area contributed by atoms with E-state index in [9.17, 15) is 0 Å². The second-order valence-corrected chi connectivity index (χ2v) is 6.51. The van der Waals surface area contributed by atoms with Crippen LogP contribution in [0.4, 0.5) is 0 Å². The molecule has 136 valence electrons. The van der Waals surface area contributed by atoms with E-state index >= 15 is 0 Å². The molecule has 1 heterocycles. The van der Waals surface area contributed by atoms with Crippen molar-refractivity contribution in [2.24, 2.45) is 0 Å². The van der Waals surface area contributed by atoms with Crippen LogP contribution in [0.25, 0.3) is 11.5 Å². The van der Waals surface area contributed by atoms with Gasteiger partial charge in [0.1, 0.15) is 17.2 Å². The molecule has 0 amide bonds. The number of methoxy groups -OCH3 is 3. The summed E-state index contributed by atoms with van der Waals surface area (Å²) in [5.74, 6) is 3.27. The third-order valence-corrected chi connectivity index (χ3v) is 4.66. The lowest BCUT2D eigenvalue weighted by Gasteiger charge is -2.08. The van der Waals surface area contributed by atoms with Gasteiger partial charge in [-0.15, -0.1) is 10.2 Å². The van der Waals surface area contributed by atoms with Crippen LogP contribution < -0.4 is 14.2 Å². The summed E-state index contributed by atoms with van der Waals surface area (Å²) in [6, 6.07) is 11.5. The monoisotopic (exact) mass is 372 g/mol. The van der Waals surface area contributed by atoms with E-state index < -0.39 is 0 Å². The first kappa shape index (κ1) is 18.1. The average molecular weight is 372 g/mol. The molecule has 0 N–H and O–H groups in total. The molecule has 3 rings (SSSR count). The van der Waals surface area contributed by atoms with E-state index in [0.29, 0.717) is 28.4 Å². The Hall–Kier alpha value is -2.67. The Morgan fingerprint density at radius 2 is 1.65 bits per heavy atom. The van der Waals surface area contributed by atoms with Crippen LogP contribution in [-0.2, 0) is 5.75 Å². The summed E-state index contributed by atoms with van der Waals surface area (Å²) in [6.07, 6.45) is 0. The third kappa shape index (κ3) is 4.11. The first-order valence-corrected chi connectivity index (χ1v) is 8.94. The summed E-state index contributed by atoms with van der Waals surface area (Å²) >= 11 is 1.46. The van der Waals surface area contributed by atoms with Crippen LogP contribution >= 0.6 is 11.8 Å². The van der Waals surface area contributed by atoms with Crippen LogP contribution in [0.3, 0.4) is 0 Å². The van der Waals surface area contributed by atoms with Gasteiger partial charge in [-0.25, -0.2) is 0 Å². The third-order valence-electron chi connectivity index (χ3n) is 3.79. The Bertz CT molecular complexity index is 873. The van der Waals surface area contributed by atoms with Crippen LogP contribution in [0.15, 0.2) is 46.0 Å². The van der Waals surface area contributed by atoms with Gasteiger partial charge in [-0.1, -0.05) is 29.5 Å². The summed E-state index contributed by atoms with van der Waals surface area (Å²) in [5, 5.41) is 8.74. The molecule has 26 heavy (non-hydrogen) atoms. The minimum Gasteiger partial charge on any atom is -0.497 e. The van der Waals surface area contributed by atoms with Crippen molar-refractivity contribution < 1.29 is 18.6 Å². The number of hydrogen-bond donors (Lipinski definition) is 0. The highest BCUT2D eigenvalue weighted by Crippen LogP contribution is 2.32. The van der Waals surface area contributed by atoms with Gasteiger partial charge in [0.15, 0.2) is 0 Å². The molecule has 6 nitrogen and oxygen atoms in total. The minimum absolute atomic E-state index is 0.418. The van der Waals surface area contributed by atoms with Gasteiger partial charge in [0.05, 0.1) is 21.3 Å². The zero-order valence-corrected chi connectivity index (χ0v) is 15.9. The van der Waals surface area contributed by atoms with E-state index in [1.54, 1.807) is 27.4 Å². The van der Waals surface area contributed by atoms with E-state index in [0.717, 1.165) is 16.9 Å². The Morgan fingerprint density at radius 3 is 2.31 bits per heavy atom. The fourth-order valence-electron chi connectivity index (χ4n) is 2.48. The molecule has 0 spiro atoms. The average Bonchev–Trinajstić information content (AvgIpc) is 3.15. The molecule has 1 aromatic heterocycles. The first-order chi connectivity index (χ1) is 12.6.